The summed E-state index contributed by atoms with van der Waals surface area (Å²) in [5, 5.41) is 10.2. The van der Waals surface area contributed by atoms with E-state index in [2.05, 4.69) is 41.8 Å². The Morgan fingerprint density at radius 1 is 1.20 bits per heavy atom. The lowest BCUT2D eigenvalue weighted by atomic mass is 10.1. The Hall–Kier alpha value is -1.10. The quantitative estimate of drug-likeness (QED) is 0.884. The molecule has 2 rings (SSSR count). The molecule has 0 spiro atoms. The maximum atomic E-state index is 10.2. The summed E-state index contributed by atoms with van der Waals surface area (Å²) in [6.07, 6.45) is -0.334. The number of morpholine rings is 1. The summed E-state index contributed by atoms with van der Waals surface area (Å²) >= 11 is 0. The van der Waals surface area contributed by atoms with Crippen molar-refractivity contribution in [3.63, 3.8) is 0 Å². The monoisotopic (exact) mass is 278 g/mol. The smallest absolute Gasteiger partial charge is 0.0841 e. The highest BCUT2D eigenvalue weighted by atomic mass is 16.5. The van der Waals surface area contributed by atoms with Crippen LogP contribution in [-0.4, -0.2) is 62.6 Å². The van der Waals surface area contributed by atoms with E-state index in [9.17, 15) is 5.11 Å². The molecule has 0 aliphatic carbocycles. The fourth-order valence-corrected chi connectivity index (χ4v) is 2.73. The Labute approximate surface area is 122 Å². The molecule has 1 aliphatic heterocycles. The number of β-amino-alcohol motifs (C(OH)–C–C–N with tert-alkyl or cyclic N) is 1. The third kappa shape index (κ3) is 4.47. The number of nitrogens with zero attached hydrogens (tertiary/aromatic N) is 2. The first-order valence-electron chi connectivity index (χ1n) is 7.32. The molecule has 0 amide bonds. The van der Waals surface area contributed by atoms with Gasteiger partial charge in [-0.15, -0.1) is 0 Å². The predicted octanol–water partition coefficient (Wildman–Crippen LogP) is 1.43. The van der Waals surface area contributed by atoms with Crippen LogP contribution in [-0.2, 0) is 4.74 Å². The Morgan fingerprint density at radius 3 is 2.40 bits per heavy atom. The molecule has 0 bridgehead atoms. The first kappa shape index (κ1) is 15.3. The van der Waals surface area contributed by atoms with Gasteiger partial charge in [0.25, 0.3) is 0 Å². The van der Waals surface area contributed by atoms with Crippen molar-refractivity contribution in [2.45, 2.75) is 20.0 Å². The molecule has 0 radical (unpaired) electrons. The van der Waals surface area contributed by atoms with Crippen LogP contribution in [0, 0.1) is 13.8 Å². The molecule has 1 heterocycles. The molecule has 0 aromatic heterocycles. The van der Waals surface area contributed by atoms with Crippen molar-refractivity contribution in [3.05, 3.63) is 29.3 Å². The molecule has 1 N–H and O–H groups in total. The van der Waals surface area contributed by atoms with Crippen molar-refractivity contribution in [1.82, 2.24) is 4.90 Å². The van der Waals surface area contributed by atoms with Crippen molar-refractivity contribution in [2.75, 3.05) is 51.3 Å². The molecule has 1 aromatic rings. The summed E-state index contributed by atoms with van der Waals surface area (Å²) in [7, 11) is 2.04. The largest absolute Gasteiger partial charge is 0.390 e. The zero-order valence-electron chi connectivity index (χ0n) is 12.8. The van der Waals surface area contributed by atoms with Crippen LogP contribution in [0.25, 0.3) is 0 Å². The highest BCUT2D eigenvalue weighted by molar-refractivity contribution is 5.50. The van der Waals surface area contributed by atoms with E-state index in [4.69, 9.17) is 4.74 Å². The van der Waals surface area contributed by atoms with Crippen LogP contribution in [0.5, 0.6) is 0 Å². The van der Waals surface area contributed by atoms with Gasteiger partial charge in [-0.1, -0.05) is 6.07 Å². The first-order chi connectivity index (χ1) is 9.54. The lowest BCUT2D eigenvalue weighted by Crippen LogP contribution is -2.44. The number of hydrogen-bond donors (Lipinski definition) is 1. The summed E-state index contributed by atoms with van der Waals surface area (Å²) in [5.74, 6) is 0. The molecule has 0 saturated carbocycles. The summed E-state index contributed by atoms with van der Waals surface area (Å²) < 4.78 is 5.32. The molecule has 1 unspecified atom stereocenters. The summed E-state index contributed by atoms with van der Waals surface area (Å²) in [4.78, 5) is 4.40. The van der Waals surface area contributed by atoms with E-state index in [1.54, 1.807) is 0 Å². The normalized spacial score (nSPS) is 18.0. The first-order valence-corrected chi connectivity index (χ1v) is 7.32. The molecular formula is C16H26N2O2. The van der Waals surface area contributed by atoms with Gasteiger partial charge in [-0.3, -0.25) is 4.90 Å². The molecule has 4 heteroatoms. The molecular weight excluding hydrogens is 252 g/mol. The van der Waals surface area contributed by atoms with E-state index in [0.717, 1.165) is 32.8 Å². The van der Waals surface area contributed by atoms with Crippen molar-refractivity contribution in [2.24, 2.45) is 0 Å². The minimum absolute atomic E-state index is 0.334. The van der Waals surface area contributed by atoms with Crippen LogP contribution in [0.4, 0.5) is 5.69 Å². The number of rotatable bonds is 5. The Bertz CT molecular complexity index is 410. The molecule has 1 fully saturated rings. The second kappa shape index (κ2) is 7.07. The summed E-state index contributed by atoms with van der Waals surface area (Å²) in [6, 6.07) is 6.49. The van der Waals surface area contributed by atoms with Gasteiger partial charge in [0.15, 0.2) is 0 Å². The van der Waals surface area contributed by atoms with E-state index in [1.165, 1.54) is 16.8 Å². The SMILES string of the molecule is Cc1cc(C)cc(N(C)CC(O)CN2CCOCC2)c1. The Kier molecular flexibility index (Phi) is 5.40. The molecule has 1 aliphatic rings. The average molecular weight is 278 g/mol. The van der Waals surface area contributed by atoms with Gasteiger partial charge >= 0.3 is 0 Å². The van der Waals surface area contributed by atoms with E-state index in [1.807, 2.05) is 7.05 Å². The van der Waals surface area contributed by atoms with Crippen LogP contribution in [0.2, 0.25) is 0 Å². The second-order valence-corrected chi connectivity index (χ2v) is 5.79. The molecule has 20 heavy (non-hydrogen) atoms. The number of benzene rings is 1. The fourth-order valence-electron chi connectivity index (χ4n) is 2.73. The van der Waals surface area contributed by atoms with Gasteiger partial charge < -0.3 is 14.7 Å². The summed E-state index contributed by atoms with van der Waals surface area (Å²) in [5.41, 5.74) is 3.69. The van der Waals surface area contributed by atoms with Crippen LogP contribution in [0.3, 0.4) is 0 Å². The lowest BCUT2D eigenvalue weighted by Gasteiger charge is -2.30. The van der Waals surface area contributed by atoms with Gasteiger partial charge in [-0.05, 0) is 37.1 Å². The van der Waals surface area contributed by atoms with Crippen LogP contribution < -0.4 is 4.90 Å². The fraction of sp³-hybridized carbons (Fsp3) is 0.625. The van der Waals surface area contributed by atoms with Gasteiger partial charge in [-0.2, -0.15) is 0 Å². The topological polar surface area (TPSA) is 35.9 Å². The van der Waals surface area contributed by atoms with Crippen molar-refractivity contribution in [1.29, 1.82) is 0 Å². The number of likely N-dealkylation sites (N-methyl/N-ethyl adjacent to an activating group) is 1. The molecule has 4 nitrogen and oxygen atoms in total. The molecule has 1 saturated heterocycles. The number of aryl methyl sites for hydroxylation is 2. The van der Waals surface area contributed by atoms with Crippen molar-refractivity contribution >= 4 is 5.69 Å². The van der Waals surface area contributed by atoms with E-state index < -0.39 is 0 Å². The highest BCUT2D eigenvalue weighted by Crippen LogP contribution is 2.17. The van der Waals surface area contributed by atoms with Gasteiger partial charge in [0, 0.05) is 38.9 Å². The molecule has 112 valence electrons. The number of hydrogen-bond acceptors (Lipinski definition) is 4. The lowest BCUT2D eigenvalue weighted by molar-refractivity contribution is 0.0162. The van der Waals surface area contributed by atoms with Crippen molar-refractivity contribution in [3.8, 4) is 0 Å². The maximum absolute atomic E-state index is 10.2. The average Bonchev–Trinajstić information content (AvgIpc) is 2.38. The zero-order chi connectivity index (χ0) is 14.5. The maximum Gasteiger partial charge on any atom is 0.0841 e. The number of ether oxygens (including phenoxy) is 1. The van der Waals surface area contributed by atoms with E-state index in [-0.39, 0.29) is 6.10 Å². The Balaban J connectivity index is 1.87. The van der Waals surface area contributed by atoms with Crippen molar-refractivity contribution < 1.29 is 9.84 Å². The number of aliphatic hydroxyl groups is 1. The van der Waals surface area contributed by atoms with E-state index >= 15 is 0 Å². The third-order valence-electron chi connectivity index (χ3n) is 3.70. The van der Waals surface area contributed by atoms with Crippen LogP contribution in [0.1, 0.15) is 11.1 Å². The minimum Gasteiger partial charge on any atom is -0.390 e. The number of anilines is 1. The van der Waals surface area contributed by atoms with Crippen LogP contribution in [0.15, 0.2) is 18.2 Å². The molecule has 1 atom stereocenters. The van der Waals surface area contributed by atoms with Gasteiger partial charge in [0.2, 0.25) is 0 Å². The third-order valence-corrected chi connectivity index (χ3v) is 3.70. The second-order valence-electron chi connectivity index (χ2n) is 5.79. The van der Waals surface area contributed by atoms with Gasteiger partial charge in [0.1, 0.15) is 0 Å². The molecule has 1 aromatic carbocycles. The minimum atomic E-state index is -0.334. The van der Waals surface area contributed by atoms with E-state index in [0.29, 0.717) is 6.54 Å². The Morgan fingerprint density at radius 2 is 1.80 bits per heavy atom. The predicted molar refractivity (Wildman–Crippen MR) is 82.5 cm³/mol. The zero-order valence-corrected chi connectivity index (χ0v) is 12.8. The standard InChI is InChI=1S/C16H26N2O2/c1-13-8-14(2)10-15(9-13)17(3)11-16(19)12-18-4-6-20-7-5-18/h8-10,16,19H,4-7,11-12H2,1-3H3. The van der Waals surface area contributed by atoms with Gasteiger partial charge in [0.05, 0.1) is 19.3 Å². The van der Waals surface area contributed by atoms with Gasteiger partial charge in [-0.25, -0.2) is 0 Å². The number of aliphatic hydroxyl groups excluding tert-OH is 1. The van der Waals surface area contributed by atoms with Crippen LogP contribution >= 0.6 is 0 Å². The highest BCUT2D eigenvalue weighted by Gasteiger charge is 2.16. The summed E-state index contributed by atoms with van der Waals surface area (Å²) in [6.45, 7) is 8.98.